The molecular formula is C26H26N4OS. The van der Waals surface area contributed by atoms with Gasteiger partial charge >= 0.3 is 0 Å². The summed E-state index contributed by atoms with van der Waals surface area (Å²) < 4.78 is 0. The van der Waals surface area contributed by atoms with Crippen molar-refractivity contribution >= 4 is 51.7 Å². The maximum absolute atomic E-state index is 12.4. The molecule has 2 N–H and O–H groups in total. The molecule has 0 unspecified atom stereocenters. The van der Waals surface area contributed by atoms with Crippen LogP contribution in [-0.4, -0.2) is 24.2 Å². The van der Waals surface area contributed by atoms with Gasteiger partial charge in [-0.3, -0.25) is 4.79 Å². The van der Waals surface area contributed by atoms with Crippen molar-refractivity contribution in [3.8, 4) is 0 Å². The molecule has 4 rings (SSSR count). The van der Waals surface area contributed by atoms with E-state index in [1.807, 2.05) is 72.8 Å². The second-order valence-electron chi connectivity index (χ2n) is 7.28. The number of hydrogen-bond acceptors (Lipinski definition) is 5. The monoisotopic (exact) mass is 442 g/mol. The first-order valence-electron chi connectivity index (χ1n) is 10.7. The maximum Gasteiger partial charge on any atom is 0.264 e. The summed E-state index contributed by atoms with van der Waals surface area (Å²) in [4.78, 5) is 19.9. The SMILES string of the molecule is CCN(CC)c1ccc(/C=C2\SC(=Nc3ccc(Nc4ccccc4)cc3)NC2=O)cc1. The van der Waals surface area contributed by atoms with Gasteiger partial charge in [0.05, 0.1) is 10.6 Å². The molecule has 1 aliphatic heterocycles. The lowest BCUT2D eigenvalue weighted by atomic mass is 10.2. The summed E-state index contributed by atoms with van der Waals surface area (Å²) in [6, 6.07) is 26.1. The largest absolute Gasteiger partial charge is 0.372 e. The third kappa shape index (κ3) is 5.39. The van der Waals surface area contributed by atoms with Crippen molar-refractivity contribution in [1.29, 1.82) is 0 Å². The molecule has 3 aromatic carbocycles. The first-order valence-corrected chi connectivity index (χ1v) is 11.5. The van der Waals surface area contributed by atoms with Crippen LogP contribution in [0.4, 0.5) is 22.7 Å². The molecule has 1 aliphatic rings. The Morgan fingerprint density at radius 3 is 2.22 bits per heavy atom. The second kappa shape index (κ2) is 10.2. The van der Waals surface area contributed by atoms with Crippen molar-refractivity contribution in [3.05, 3.63) is 89.3 Å². The average Bonchev–Trinajstić information content (AvgIpc) is 3.16. The Bertz CT molecular complexity index is 1120. The number of hydrogen-bond donors (Lipinski definition) is 2. The third-order valence-electron chi connectivity index (χ3n) is 5.13. The molecule has 1 saturated heterocycles. The van der Waals surface area contributed by atoms with Crippen LogP contribution in [0.1, 0.15) is 19.4 Å². The van der Waals surface area contributed by atoms with E-state index in [1.165, 1.54) is 17.4 Å². The predicted octanol–water partition coefficient (Wildman–Crippen LogP) is 6.17. The van der Waals surface area contributed by atoms with Gasteiger partial charge in [0.15, 0.2) is 5.17 Å². The minimum absolute atomic E-state index is 0.121. The highest BCUT2D eigenvalue weighted by atomic mass is 32.2. The lowest BCUT2D eigenvalue weighted by Gasteiger charge is -2.20. The fourth-order valence-electron chi connectivity index (χ4n) is 3.43. The standard InChI is InChI=1S/C26H26N4OS/c1-3-30(4-2)23-16-10-19(11-17-23)18-24-25(31)29-26(32-24)28-22-14-12-21(13-15-22)27-20-8-6-5-7-9-20/h5-18,27H,3-4H2,1-2H3,(H,28,29,31)/b24-18-. The zero-order valence-electron chi connectivity index (χ0n) is 18.2. The predicted molar refractivity (Wildman–Crippen MR) is 137 cm³/mol. The van der Waals surface area contributed by atoms with Crippen LogP contribution in [0.25, 0.3) is 6.08 Å². The number of anilines is 3. The molecule has 0 spiro atoms. The maximum atomic E-state index is 12.4. The molecule has 0 bridgehead atoms. The van der Waals surface area contributed by atoms with Crippen molar-refractivity contribution in [2.24, 2.45) is 4.99 Å². The number of nitrogens with one attached hydrogen (secondary N) is 2. The quantitative estimate of drug-likeness (QED) is 0.430. The Kier molecular flexibility index (Phi) is 6.92. The summed E-state index contributed by atoms with van der Waals surface area (Å²) in [5.41, 5.74) is 4.99. The molecule has 0 aliphatic carbocycles. The Balaban J connectivity index is 1.42. The van der Waals surface area contributed by atoms with Crippen LogP contribution in [0.3, 0.4) is 0 Å². The highest BCUT2D eigenvalue weighted by molar-refractivity contribution is 8.18. The van der Waals surface area contributed by atoms with Gasteiger partial charge in [-0.05, 0) is 85.8 Å². The van der Waals surface area contributed by atoms with Crippen molar-refractivity contribution in [2.45, 2.75) is 13.8 Å². The number of amides is 1. The van der Waals surface area contributed by atoms with E-state index in [0.717, 1.165) is 35.7 Å². The molecule has 6 heteroatoms. The van der Waals surface area contributed by atoms with Crippen LogP contribution in [0.2, 0.25) is 0 Å². The van der Waals surface area contributed by atoms with E-state index in [0.29, 0.717) is 10.1 Å². The Hall–Kier alpha value is -3.51. The Labute approximate surface area is 193 Å². The lowest BCUT2D eigenvalue weighted by molar-refractivity contribution is -0.115. The van der Waals surface area contributed by atoms with E-state index in [1.54, 1.807) is 0 Å². The molecule has 162 valence electrons. The molecule has 1 fully saturated rings. The molecule has 0 radical (unpaired) electrons. The van der Waals surface area contributed by atoms with E-state index in [9.17, 15) is 4.79 Å². The van der Waals surface area contributed by atoms with Gasteiger partial charge in [-0.2, -0.15) is 0 Å². The van der Waals surface area contributed by atoms with Crippen LogP contribution in [0, 0.1) is 0 Å². The summed E-state index contributed by atoms with van der Waals surface area (Å²) in [6.07, 6.45) is 1.90. The molecule has 1 amide bonds. The highest BCUT2D eigenvalue weighted by Crippen LogP contribution is 2.29. The van der Waals surface area contributed by atoms with Crippen molar-refractivity contribution in [3.63, 3.8) is 0 Å². The first kappa shape index (κ1) is 21.7. The zero-order valence-corrected chi connectivity index (χ0v) is 19.0. The number of benzene rings is 3. The van der Waals surface area contributed by atoms with Crippen molar-refractivity contribution in [1.82, 2.24) is 5.32 Å². The number of aliphatic imine (C=N–C) groups is 1. The minimum Gasteiger partial charge on any atom is -0.372 e. The molecule has 3 aromatic rings. The summed E-state index contributed by atoms with van der Waals surface area (Å²) in [5, 5.41) is 6.79. The lowest BCUT2D eigenvalue weighted by Crippen LogP contribution is -2.21. The number of rotatable bonds is 7. The highest BCUT2D eigenvalue weighted by Gasteiger charge is 2.23. The number of nitrogens with zero attached hydrogens (tertiary/aromatic N) is 2. The zero-order chi connectivity index (χ0) is 22.3. The first-order chi connectivity index (χ1) is 15.6. The van der Waals surface area contributed by atoms with Gasteiger partial charge in [-0.25, -0.2) is 4.99 Å². The fourth-order valence-corrected chi connectivity index (χ4v) is 4.27. The molecule has 1 heterocycles. The fraction of sp³-hybridized carbons (Fsp3) is 0.154. The number of para-hydroxylation sites is 1. The van der Waals surface area contributed by atoms with Gasteiger partial charge < -0.3 is 15.5 Å². The Morgan fingerprint density at radius 1 is 0.906 bits per heavy atom. The van der Waals surface area contributed by atoms with Crippen LogP contribution in [0.15, 0.2) is 88.8 Å². The van der Waals surface area contributed by atoms with E-state index < -0.39 is 0 Å². The van der Waals surface area contributed by atoms with Crippen LogP contribution in [0.5, 0.6) is 0 Å². The smallest absolute Gasteiger partial charge is 0.264 e. The summed E-state index contributed by atoms with van der Waals surface area (Å²) >= 11 is 1.36. The summed E-state index contributed by atoms with van der Waals surface area (Å²) in [6.45, 7) is 6.23. The second-order valence-corrected chi connectivity index (χ2v) is 8.31. The van der Waals surface area contributed by atoms with Crippen molar-refractivity contribution in [2.75, 3.05) is 23.3 Å². The summed E-state index contributed by atoms with van der Waals surface area (Å²) in [5.74, 6) is -0.121. The summed E-state index contributed by atoms with van der Waals surface area (Å²) in [7, 11) is 0. The van der Waals surface area contributed by atoms with Crippen LogP contribution < -0.4 is 15.5 Å². The molecular weight excluding hydrogens is 416 g/mol. The molecule has 0 atom stereocenters. The topological polar surface area (TPSA) is 56.7 Å². The molecule has 5 nitrogen and oxygen atoms in total. The number of carbonyl (C=O) groups is 1. The van der Waals surface area contributed by atoms with E-state index in [-0.39, 0.29) is 5.91 Å². The van der Waals surface area contributed by atoms with E-state index in [4.69, 9.17) is 0 Å². The normalized spacial score (nSPS) is 15.8. The van der Waals surface area contributed by atoms with Crippen LogP contribution in [-0.2, 0) is 4.79 Å². The van der Waals surface area contributed by atoms with Crippen molar-refractivity contribution < 1.29 is 4.79 Å². The van der Waals surface area contributed by atoms with Gasteiger partial charge in [-0.15, -0.1) is 0 Å². The molecule has 32 heavy (non-hydrogen) atoms. The number of carbonyl (C=O) groups excluding carboxylic acids is 1. The van der Waals surface area contributed by atoms with Gasteiger partial charge in [0, 0.05) is 30.2 Å². The van der Waals surface area contributed by atoms with Gasteiger partial charge in [0.2, 0.25) is 0 Å². The number of thioether (sulfide) groups is 1. The molecule has 0 aromatic heterocycles. The van der Waals surface area contributed by atoms with E-state index >= 15 is 0 Å². The Morgan fingerprint density at radius 2 is 1.56 bits per heavy atom. The van der Waals surface area contributed by atoms with Gasteiger partial charge in [0.25, 0.3) is 5.91 Å². The number of amidine groups is 1. The average molecular weight is 443 g/mol. The van der Waals surface area contributed by atoms with Gasteiger partial charge in [-0.1, -0.05) is 30.3 Å². The van der Waals surface area contributed by atoms with Crippen LogP contribution >= 0.6 is 11.8 Å². The van der Waals surface area contributed by atoms with Gasteiger partial charge in [0.1, 0.15) is 0 Å². The third-order valence-corrected chi connectivity index (χ3v) is 6.04. The minimum atomic E-state index is -0.121. The van der Waals surface area contributed by atoms with E-state index in [2.05, 4.69) is 46.5 Å². The molecule has 0 saturated carbocycles.